The van der Waals surface area contributed by atoms with E-state index in [1.54, 1.807) is 13.2 Å². The molecule has 2 aromatic heterocycles. The number of esters is 1. The van der Waals surface area contributed by atoms with Crippen LogP contribution in [-0.4, -0.2) is 37.0 Å². The van der Waals surface area contributed by atoms with Gasteiger partial charge in [-0.3, -0.25) is 9.69 Å². The first-order valence-corrected chi connectivity index (χ1v) is 8.51. The number of ether oxygens (including phenoxy) is 1. The van der Waals surface area contributed by atoms with Crippen molar-refractivity contribution in [2.45, 2.75) is 27.3 Å². The van der Waals surface area contributed by atoms with E-state index in [1.165, 1.54) is 11.3 Å². The molecular weight excluding hydrogens is 328 g/mol. The third-order valence-corrected chi connectivity index (χ3v) is 4.66. The SMILES string of the molecule is CCOC(=O)c1c(NC(=O)CN(C)Cc2ccco2)sc(C)c1C. The average molecular weight is 350 g/mol. The van der Waals surface area contributed by atoms with Gasteiger partial charge in [0, 0.05) is 4.88 Å². The Kier molecular flexibility index (Phi) is 6.16. The second-order valence-corrected chi connectivity index (χ2v) is 6.73. The van der Waals surface area contributed by atoms with Gasteiger partial charge in [0.15, 0.2) is 0 Å². The van der Waals surface area contributed by atoms with Gasteiger partial charge in [-0.1, -0.05) is 0 Å². The molecule has 2 rings (SSSR count). The van der Waals surface area contributed by atoms with Crippen LogP contribution in [0.5, 0.6) is 0 Å². The summed E-state index contributed by atoms with van der Waals surface area (Å²) in [5.74, 6) is 0.203. The number of likely N-dealkylation sites (N-methyl/N-ethyl adjacent to an activating group) is 1. The van der Waals surface area contributed by atoms with E-state index in [0.717, 1.165) is 16.2 Å². The van der Waals surface area contributed by atoms with Crippen LogP contribution in [0, 0.1) is 13.8 Å². The third kappa shape index (κ3) is 4.46. The van der Waals surface area contributed by atoms with Crippen LogP contribution in [0.3, 0.4) is 0 Å². The molecule has 24 heavy (non-hydrogen) atoms. The molecule has 0 atom stereocenters. The maximum atomic E-state index is 12.3. The van der Waals surface area contributed by atoms with Gasteiger partial charge >= 0.3 is 5.97 Å². The van der Waals surface area contributed by atoms with Gasteiger partial charge in [-0.2, -0.15) is 0 Å². The molecule has 0 spiro atoms. The minimum absolute atomic E-state index is 0.184. The highest BCUT2D eigenvalue weighted by Gasteiger charge is 2.22. The molecule has 1 N–H and O–H groups in total. The predicted molar refractivity (Wildman–Crippen MR) is 93.4 cm³/mol. The maximum absolute atomic E-state index is 12.3. The number of amides is 1. The molecule has 0 fully saturated rings. The van der Waals surface area contributed by atoms with Crippen molar-refractivity contribution in [2.75, 3.05) is 25.5 Å². The number of hydrogen-bond acceptors (Lipinski definition) is 6. The molecule has 1 amide bonds. The number of anilines is 1. The van der Waals surface area contributed by atoms with Crippen LogP contribution in [0.25, 0.3) is 0 Å². The lowest BCUT2D eigenvalue weighted by molar-refractivity contribution is -0.117. The van der Waals surface area contributed by atoms with Crippen molar-refractivity contribution >= 4 is 28.2 Å². The zero-order valence-electron chi connectivity index (χ0n) is 14.3. The van der Waals surface area contributed by atoms with Crippen LogP contribution >= 0.6 is 11.3 Å². The molecule has 2 aromatic rings. The van der Waals surface area contributed by atoms with Crippen molar-refractivity contribution in [3.63, 3.8) is 0 Å². The minimum atomic E-state index is -0.404. The summed E-state index contributed by atoms with van der Waals surface area (Å²) < 4.78 is 10.4. The van der Waals surface area contributed by atoms with Crippen molar-refractivity contribution in [2.24, 2.45) is 0 Å². The van der Waals surface area contributed by atoms with Crippen molar-refractivity contribution < 1.29 is 18.7 Å². The molecule has 0 radical (unpaired) electrons. The highest BCUT2D eigenvalue weighted by Crippen LogP contribution is 2.33. The largest absolute Gasteiger partial charge is 0.468 e. The average Bonchev–Trinajstić information content (AvgIpc) is 3.08. The fraction of sp³-hybridized carbons (Fsp3) is 0.412. The molecular formula is C17H22N2O4S. The summed E-state index contributed by atoms with van der Waals surface area (Å²) in [4.78, 5) is 27.2. The van der Waals surface area contributed by atoms with Crippen LogP contribution in [0.15, 0.2) is 22.8 Å². The van der Waals surface area contributed by atoms with E-state index >= 15 is 0 Å². The molecule has 2 heterocycles. The fourth-order valence-electron chi connectivity index (χ4n) is 2.30. The Balaban J connectivity index is 2.03. The van der Waals surface area contributed by atoms with Gasteiger partial charge in [-0.05, 0) is 45.5 Å². The van der Waals surface area contributed by atoms with E-state index in [2.05, 4.69) is 5.32 Å². The summed E-state index contributed by atoms with van der Waals surface area (Å²) >= 11 is 1.39. The van der Waals surface area contributed by atoms with E-state index in [-0.39, 0.29) is 12.5 Å². The summed E-state index contributed by atoms with van der Waals surface area (Å²) in [6.45, 7) is 6.56. The van der Waals surface area contributed by atoms with Gasteiger partial charge in [-0.15, -0.1) is 11.3 Å². The second-order valence-electron chi connectivity index (χ2n) is 5.51. The number of nitrogens with one attached hydrogen (secondary N) is 1. The lowest BCUT2D eigenvalue weighted by atomic mass is 10.1. The molecule has 0 bridgehead atoms. The Bertz CT molecular complexity index is 706. The zero-order chi connectivity index (χ0) is 17.7. The monoisotopic (exact) mass is 350 g/mol. The first-order chi connectivity index (χ1) is 11.4. The lowest BCUT2D eigenvalue weighted by Gasteiger charge is -2.14. The van der Waals surface area contributed by atoms with Crippen LogP contribution in [0.1, 0.15) is 33.5 Å². The van der Waals surface area contributed by atoms with Crippen molar-refractivity contribution in [3.8, 4) is 0 Å². The summed E-state index contributed by atoms with van der Waals surface area (Å²) in [6, 6.07) is 3.67. The zero-order valence-corrected chi connectivity index (χ0v) is 15.2. The van der Waals surface area contributed by atoms with E-state index < -0.39 is 5.97 Å². The van der Waals surface area contributed by atoms with E-state index in [0.29, 0.717) is 23.7 Å². The van der Waals surface area contributed by atoms with Crippen molar-refractivity contribution in [1.29, 1.82) is 0 Å². The number of nitrogens with zero attached hydrogens (tertiary/aromatic N) is 1. The summed E-state index contributed by atoms with van der Waals surface area (Å²) in [5.41, 5.74) is 1.29. The Labute approximate surface area is 145 Å². The fourth-order valence-corrected chi connectivity index (χ4v) is 3.36. The Morgan fingerprint density at radius 2 is 2.12 bits per heavy atom. The van der Waals surface area contributed by atoms with E-state index in [4.69, 9.17) is 9.15 Å². The molecule has 0 aromatic carbocycles. The van der Waals surface area contributed by atoms with Gasteiger partial charge < -0.3 is 14.5 Å². The van der Waals surface area contributed by atoms with Crippen LogP contribution < -0.4 is 5.32 Å². The smallest absolute Gasteiger partial charge is 0.341 e. The number of thiophene rings is 1. The van der Waals surface area contributed by atoms with Crippen LogP contribution in [-0.2, 0) is 16.1 Å². The molecule has 6 nitrogen and oxygen atoms in total. The lowest BCUT2D eigenvalue weighted by Crippen LogP contribution is -2.30. The number of furan rings is 1. The van der Waals surface area contributed by atoms with Gasteiger partial charge in [0.05, 0.1) is 31.5 Å². The Hall–Kier alpha value is -2.12. The molecule has 130 valence electrons. The normalized spacial score (nSPS) is 10.9. The summed E-state index contributed by atoms with van der Waals surface area (Å²) in [5, 5.41) is 3.37. The van der Waals surface area contributed by atoms with Crippen molar-refractivity contribution in [1.82, 2.24) is 4.90 Å². The van der Waals surface area contributed by atoms with Gasteiger partial charge in [0.2, 0.25) is 5.91 Å². The first-order valence-electron chi connectivity index (χ1n) is 7.70. The topological polar surface area (TPSA) is 71.8 Å². The number of hydrogen-bond donors (Lipinski definition) is 1. The molecule has 0 aliphatic rings. The van der Waals surface area contributed by atoms with Gasteiger partial charge in [0.1, 0.15) is 10.8 Å². The quantitative estimate of drug-likeness (QED) is 0.777. The third-order valence-electron chi connectivity index (χ3n) is 3.54. The molecule has 0 unspecified atom stereocenters. The van der Waals surface area contributed by atoms with Crippen molar-refractivity contribution in [3.05, 3.63) is 40.2 Å². The molecule has 0 aliphatic heterocycles. The first kappa shape index (κ1) is 18.2. The van der Waals surface area contributed by atoms with Gasteiger partial charge in [0.25, 0.3) is 0 Å². The predicted octanol–water partition coefficient (Wildman–Crippen LogP) is 3.21. The standard InChI is InChI=1S/C17H22N2O4S/c1-5-22-17(21)15-11(2)12(3)24-16(15)18-14(20)10-19(4)9-13-7-6-8-23-13/h6-8H,5,9-10H2,1-4H3,(H,18,20). The second kappa shape index (κ2) is 8.12. The Morgan fingerprint density at radius 1 is 1.38 bits per heavy atom. The van der Waals surface area contributed by atoms with Gasteiger partial charge in [-0.25, -0.2) is 4.79 Å². The maximum Gasteiger partial charge on any atom is 0.341 e. The summed E-state index contributed by atoms with van der Waals surface area (Å²) in [6.07, 6.45) is 1.60. The summed E-state index contributed by atoms with van der Waals surface area (Å²) in [7, 11) is 1.83. The molecule has 0 aliphatic carbocycles. The number of rotatable bonds is 7. The highest BCUT2D eigenvalue weighted by atomic mass is 32.1. The van der Waals surface area contributed by atoms with Crippen LogP contribution in [0.2, 0.25) is 0 Å². The van der Waals surface area contributed by atoms with E-state index in [1.807, 2.05) is 37.9 Å². The minimum Gasteiger partial charge on any atom is -0.468 e. The molecule has 0 saturated carbocycles. The van der Waals surface area contributed by atoms with E-state index in [9.17, 15) is 9.59 Å². The highest BCUT2D eigenvalue weighted by molar-refractivity contribution is 7.16. The number of carbonyl (C=O) groups excluding carboxylic acids is 2. The number of carbonyl (C=O) groups is 2. The molecule has 7 heteroatoms. The Morgan fingerprint density at radius 3 is 2.75 bits per heavy atom. The van der Waals surface area contributed by atoms with Crippen LogP contribution in [0.4, 0.5) is 5.00 Å². The molecule has 0 saturated heterocycles. The number of aryl methyl sites for hydroxylation is 1.